The molecule has 1 heterocycles. The summed E-state index contributed by atoms with van der Waals surface area (Å²) in [6.07, 6.45) is 0. The maximum absolute atomic E-state index is 3.17. The van der Waals surface area contributed by atoms with Gasteiger partial charge in [-0.2, -0.15) is 0 Å². The average Bonchev–Trinajstić information content (AvgIpc) is 2.32. The maximum Gasteiger partial charge on any atom is 0.0367 e. The van der Waals surface area contributed by atoms with Crippen molar-refractivity contribution in [3.8, 4) is 0 Å². The van der Waals surface area contributed by atoms with Crippen molar-refractivity contribution in [2.45, 2.75) is 6.54 Å². The van der Waals surface area contributed by atoms with Crippen LogP contribution in [0, 0.1) is 0 Å². The van der Waals surface area contributed by atoms with Gasteiger partial charge in [0.2, 0.25) is 0 Å². The van der Waals surface area contributed by atoms with Crippen molar-refractivity contribution in [1.29, 1.82) is 0 Å². The smallest absolute Gasteiger partial charge is 0.0367 e. The Balaban J connectivity index is 0.00000144. The Kier molecular flexibility index (Phi) is 6.64. The first-order valence-corrected chi connectivity index (χ1v) is 5.96. The molecule has 1 N–H and O–H groups in total. The topological polar surface area (TPSA) is 18.5 Å². The van der Waals surface area contributed by atoms with Crippen LogP contribution < -0.4 is 10.2 Å². The molecule has 0 aliphatic carbocycles. The fraction of sp³-hybridized carbons (Fsp3) is 0.538. The third-order valence-electron chi connectivity index (χ3n) is 3.19. The van der Waals surface area contributed by atoms with Gasteiger partial charge < -0.3 is 15.1 Å². The van der Waals surface area contributed by atoms with Gasteiger partial charge >= 0.3 is 0 Å². The van der Waals surface area contributed by atoms with E-state index in [-0.39, 0.29) is 32.7 Å². The van der Waals surface area contributed by atoms with E-state index in [0.29, 0.717) is 0 Å². The number of nitrogens with zero attached hydrogens (tertiary/aromatic N) is 2. The molecule has 0 bridgehead atoms. The number of rotatable bonds is 3. The Labute approximate surface area is 129 Å². The van der Waals surface area contributed by atoms with Crippen LogP contribution in [0.5, 0.6) is 0 Å². The SMILES string of the molecule is CNCc1ccc(N2CCN(C)CC2)cc1.[Y]. The van der Waals surface area contributed by atoms with E-state index in [4.69, 9.17) is 0 Å². The van der Waals surface area contributed by atoms with E-state index < -0.39 is 0 Å². The summed E-state index contributed by atoms with van der Waals surface area (Å²) >= 11 is 0. The molecule has 1 fully saturated rings. The molecule has 1 aliphatic heterocycles. The van der Waals surface area contributed by atoms with E-state index in [1.807, 2.05) is 7.05 Å². The Hall–Kier alpha value is 0.0439. The molecule has 17 heavy (non-hydrogen) atoms. The minimum Gasteiger partial charge on any atom is -0.369 e. The molecule has 2 rings (SSSR count). The molecule has 1 aromatic rings. The van der Waals surface area contributed by atoms with Gasteiger partial charge in [-0.25, -0.2) is 0 Å². The molecule has 0 unspecified atom stereocenters. The zero-order valence-corrected chi connectivity index (χ0v) is 13.7. The van der Waals surface area contributed by atoms with Crippen molar-refractivity contribution >= 4 is 5.69 Å². The van der Waals surface area contributed by atoms with Crippen molar-refractivity contribution in [2.24, 2.45) is 0 Å². The Morgan fingerprint density at radius 3 is 2.18 bits per heavy atom. The molecule has 0 aromatic heterocycles. The number of hydrogen-bond donors (Lipinski definition) is 1. The van der Waals surface area contributed by atoms with Crippen LogP contribution in [-0.4, -0.2) is 45.2 Å². The zero-order chi connectivity index (χ0) is 11.4. The molecular weight excluding hydrogens is 287 g/mol. The van der Waals surface area contributed by atoms with Crippen molar-refractivity contribution in [1.82, 2.24) is 10.2 Å². The van der Waals surface area contributed by atoms with Crippen LogP contribution >= 0.6 is 0 Å². The number of benzene rings is 1. The fourth-order valence-electron chi connectivity index (χ4n) is 2.09. The minimum absolute atomic E-state index is 0. The standard InChI is InChI=1S/C13H21N3.Y/c1-14-11-12-3-5-13(6-4-12)16-9-7-15(2)8-10-16;/h3-6,14H,7-11H2,1-2H3;. The van der Waals surface area contributed by atoms with Gasteiger partial charge in [-0.1, -0.05) is 12.1 Å². The molecule has 91 valence electrons. The summed E-state index contributed by atoms with van der Waals surface area (Å²) in [7, 11) is 4.17. The van der Waals surface area contributed by atoms with E-state index in [9.17, 15) is 0 Å². The van der Waals surface area contributed by atoms with Crippen LogP contribution in [0.3, 0.4) is 0 Å². The quantitative estimate of drug-likeness (QED) is 0.904. The Morgan fingerprint density at radius 2 is 1.65 bits per heavy atom. The summed E-state index contributed by atoms with van der Waals surface area (Å²) in [5.41, 5.74) is 2.70. The molecule has 1 aliphatic rings. The molecule has 1 radical (unpaired) electrons. The molecule has 0 spiro atoms. The minimum atomic E-state index is 0. The van der Waals surface area contributed by atoms with Crippen LogP contribution in [-0.2, 0) is 39.3 Å². The van der Waals surface area contributed by atoms with Gasteiger partial charge in [0.25, 0.3) is 0 Å². The monoisotopic (exact) mass is 308 g/mol. The van der Waals surface area contributed by atoms with Crippen LogP contribution in [0.1, 0.15) is 5.56 Å². The van der Waals surface area contributed by atoms with Crippen molar-refractivity contribution in [3.63, 3.8) is 0 Å². The molecule has 3 nitrogen and oxygen atoms in total. The average molecular weight is 308 g/mol. The van der Waals surface area contributed by atoms with Crippen LogP contribution in [0.4, 0.5) is 5.69 Å². The largest absolute Gasteiger partial charge is 0.369 e. The van der Waals surface area contributed by atoms with Gasteiger partial charge in [-0.3, -0.25) is 0 Å². The Bertz CT molecular complexity index is 318. The second-order valence-corrected chi connectivity index (χ2v) is 4.49. The molecule has 0 amide bonds. The fourth-order valence-corrected chi connectivity index (χ4v) is 2.09. The Morgan fingerprint density at radius 1 is 1.06 bits per heavy atom. The van der Waals surface area contributed by atoms with Gasteiger partial charge in [0.1, 0.15) is 0 Å². The van der Waals surface area contributed by atoms with E-state index in [0.717, 1.165) is 32.7 Å². The number of hydrogen-bond acceptors (Lipinski definition) is 3. The summed E-state index contributed by atoms with van der Waals surface area (Å²) in [6, 6.07) is 8.89. The molecule has 0 atom stereocenters. The summed E-state index contributed by atoms with van der Waals surface area (Å²) < 4.78 is 0. The van der Waals surface area contributed by atoms with Crippen LogP contribution in [0.25, 0.3) is 0 Å². The molecule has 4 heteroatoms. The van der Waals surface area contributed by atoms with Crippen LogP contribution in [0.15, 0.2) is 24.3 Å². The molecule has 0 saturated carbocycles. The molecule has 1 saturated heterocycles. The first-order valence-electron chi connectivity index (χ1n) is 5.96. The summed E-state index contributed by atoms with van der Waals surface area (Å²) in [4.78, 5) is 4.84. The normalized spacial score (nSPS) is 16.7. The van der Waals surface area contributed by atoms with Gasteiger partial charge in [-0.05, 0) is 31.8 Å². The van der Waals surface area contributed by atoms with E-state index in [1.54, 1.807) is 0 Å². The second kappa shape index (κ2) is 7.47. The summed E-state index contributed by atoms with van der Waals surface area (Å²) in [5.74, 6) is 0. The number of piperazine rings is 1. The number of anilines is 1. The number of likely N-dealkylation sites (N-methyl/N-ethyl adjacent to an activating group) is 1. The summed E-state index contributed by atoms with van der Waals surface area (Å²) in [5, 5.41) is 3.17. The van der Waals surface area contributed by atoms with E-state index >= 15 is 0 Å². The first kappa shape index (κ1) is 15.1. The van der Waals surface area contributed by atoms with E-state index in [1.165, 1.54) is 11.3 Å². The zero-order valence-electron chi connectivity index (χ0n) is 10.8. The molecular formula is C13H21N3Y. The summed E-state index contributed by atoms with van der Waals surface area (Å²) in [6.45, 7) is 5.56. The van der Waals surface area contributed by atoms with Crippen molar-refractivity contribution in [2.75, 3.05) is 45.2 Å². The molecule has 1 aromatic carbocycles. The third-order valence-corrected chi connectivity index (χ3v) is 3.19. The van der Waals surface area contributed by atoms with Gasteiger partial charge in [-0.15, -0.1) is 0 Å². The van der Waals surface area contributed by atoms with Gasteiger partial charge in [0.05, 0.1) is 0 Å². The van der Waals surface area contributed by atoms with Crippen LogP contribution in [0.2, 0.25) is 0 Å². The van der Waals surface area contributed by atoms with Gasteiger partial charge in [0, 0.05) is 71.1 Å². The third kappa shape index (κ3) is 4.33. The second-order valence-electron chi connectivity index (χ2n) is 4.49. The van der Waals surface area contributed by atoms with Crippen molar-refractivity contribution in [3.05, 3.63) is 29.8 Å². The first-order chi connectivity index (χ1) is 7.79. The number of nitrogens with one attached hydrogen (secondary N) is 1. The predicted molar refractivity (Wildman–Crippen MR) is 68.9 cm³/mol. The predicted octanol–water partition coefficient (Wildman–Crippen LogP) is 1.16. The van der Waals surface area contributed by atoms with Gasteiger partial charge in [0.15, 0.2) is 0 Å². The van der Waals surface area contributed by atoms with E-state index in [2.05, 4.69) is 46.4 Å². The van der Waals surface area contributed by atoms with Crippen molar-refractivity contribution < 1.29 is 32.7 Å². The maximum atomic E-state index is 3.17.